The molecule has 0 amide bonds. The van der Waals surface area contributed by atoms with Crippen molar-refractivity contribution in [2.45, 2.75) is 13.8 Å². The monoisotopic (exact) mass is 186 g/mol. The Morgan fingerprint density at radius 2 is 2.08 bits per heavy atom. The molecule has 0 spiro atoms. The van der Waals surface area contributed by atoms with Gasteiger partial charge in [0.15, 0.2) is 0 Å². The minimum absolute atomic E-state index is 0.0838. The first-order chi connectivity index (χ1) is 6.07. The zero-order chi connectivity index (χ0) is 10.0. The molecule has 0 aromatic carbocycles. The minimum atomic E-state index is -0.789. The molecule has 0 fully saturated rings. The number of aryl methyl sites for hydroxylation is 1. The van der Waals surface area contributed by atoms with Gasteiger partial charge in [-0.15, -0.1) is 0 Å². The zero-order valence-corrected chi connectivity index (χ0v) is 7.33. The van der Waals surface area contributed by atoms with E-state index in [9.17, 15) is 9.90 Å². The van der Waals surface area contributed by atoms with Gasteiger partial charge in [-0.2, -0.15) is 0 Å². The minimum Gasteiger partial charge on any atom is -0.502 e. The highest BCUT2D eigenvalue weighted by molar-refractivity contribution is 5.90. The Morgan fingerprint density at radius 1 is 1.46 bits per heavy atom. The number of esters is 1. The second-order valence-electron chi connectivity index (χ2n) is 2.41. The third-order valence-electron chi connectivity index (χ3n) is 1.49. The van der Waals surface area contributed by atoms with Crippen LogP contribution in [0.5, 0.6) is 11.5 Å². The van der Waals surface area contributed by atoms with Crippen molar-refractivity contribution in [3.05, 3.63) is 11.5 Å². The van der Waals surface area contributed by atoms with Crippen molar-refractivity contribution >= 4 is 5.97 Å². The summed E-state index contributed by atoms with van der Waals surface area (Å²) < 4.78 is 9.36. The quantitative estimate of drug-likeness (QED) is 0.678. The highest BCUT2D eigenvalue weighted by Crippen LogP contribution is 2.35. The lowest BCUT2D eigenvalue weighted by molar-refractivity contribution is 0.0484. The summed E-state index contributed by atoms with van der Waals surface area (Å²) in [6.07, 6.45) is 0. The van der Waals surface area contributed by atoms with Gasteiger partial charge in [0.25, 0.3) is 5.76 Å². The van der Waals surface area contributed by atoms with Crippen LogP contribution in [0.25, 0.3) is 0 Å². The molecular weight excluding hydrogens is 176 g/mol. The molecule has 0 bridgehead atoms. The fourth-order valence-corrected chi connectivity index (χ4v) is 0.859. The van der Waals surface area contributed by atoms with Crippen LogP contribution < -0.4 is 0 Å². The van der Waals surface area contributed by atoms with Crippen LogP contribution in [0, 0.1) is 6.92 Å². The molecule has 1 heterocycles. The van der Waals surface area contributed by atoms with Gasteiger partial charge < -0.3 is 19.4 Å². The first-order valence-electron chi connectivity index (χ1n) is 3.76. The summed E-state index contributed by atoms with van der Waals surface area (Å²) >= 11 is 0. The highest BCUT2D eigenvalue weighted by atomic mass is 16.5. The van der Waals surface area contributed by atoms with Crippen LogP contribution in [0.3, 0.4) is 0 Å². The lowest BCUT2D eigenvalue weighted by Crippen LogP contribution is -2.03. The SMILES string of the molecule is CCOC(=O)c1oc(C)c(O)c1O. The molecule has 0 unspecified atom stereocenters. The van der Waals surface area contributed by atoms with Crippen LogP contribution in [-0.4, -0.2) is 22.8 Å². The number of aromatic hydroxyl groups is 2. The fraction of sp³-hybridized carbons (Fsp3) is 0.375. The van der Waals surface area contributed by atoms with E-state index in [0.29, 0.717) is 0 Å². The highest BCUT2D eigenvalue weighted by Gasteiger charge is 2.23. The molecule has 72 valence electrons. The van der Waals surface area contributed by atoms with Crippen molar-refractivity contribution in [3.8, 4) is 11.5 Å². The summed E-state index contributed by atoms with van der Waals surface area (Å²) in [5, 5.41) is 18.3. The van der Waals surface area contributed by atoms with Crippen molar-refractivity contribution in [2.75, 3.05) is 6.61 Å². The number of furan rings is 1. The number of hydrogen-bond acceptors (Lipinski definition) is 5. The molecule has 0 radical (unpaired) electrons. The van der Waals surface area contributed by atoms with Gasteiger partial charge in [-0.3, -0.25) is 0 Å². The lowest BCUT2D eigenvalue weighted by Gasteiger charge is -1.96. The molecule has 0 saturated carbocycles. The lowest BCUT2D eigenvalue weighted by atomic mass is 10.3. The summed E-state index contributed by atoms with van der Waals surface area (Å²) in [6, 6.07) is 0. The van der Waals surface area contributed by atoms with Gasteiger partial charge in [-0.05, 0) is 13.8 Å². The van der Waals surface area contributed by atoms with Gasteiger partial charge in [0, 0.05) is 0 Å². The van der Waals surface area contributed by atoms with Crippen molar-refractivity contribution < 1.29 is 24.2 Å². The van der Waals surface area contributed by atoms with Gasteiger partial charge >= 0.3 is 5.97 Å². The Kier molecular flexibility index (Phi) is 2.46. The number of carbonyl (C=O) groups excluding carboxylic acids is 1. The number of rotatable bonds is 2. The Hall–Kier alpha value is -1.65. The predicted octanol–water partition coefficient (Wildman–Crippen LogP) is 1.18. The molecule has 1 aromatic heterocycles. The molecule has 0 aliphatic heterocycles. The Bertz CT molecular complexity index is 326. The average molecular weight is 186 g/mol. The van der Waals surface area contributed by atoms with E-state index >= 15 is 0 Å². The normalized spacial score (nSPS) is 10.0. The van der Waals surface area contributed by atoms with Crippen LogP contribution in [0.4, 0.5) is 0 Å². The Morgan fingerprint density at radius 3 is 2.46 bits per heavy atom. The predicted molar refractivity (Wildman–Crippen MR) is 42.7 cm³/mol. The van der Waals surface area contributed by atoms with E-state index in [-0.39, 0.29) is 18.1 Å². The number of carbonyl (C=O) groups is 1. The topological polar surface area (TPSA) is 79.9 Å². The van der Waals surface area contributed by atoms with E-state index in [0.717, 1.165) is 0 Å². The smallest absolute Gasteiger partial charge is 0.378 e. The molecule has 1 rings (SSSR count). The van der Waals surface area contributed by atoms with Gasteiger partial charge in [0.2, 0.25) is 11.5 Å². The molecule has 1 aromatic rings. The molecule has 5 heteroatoms. The van der Waals surface area contributed by atoms with Crippen molar-refractivity contribution in [1.29, 1.82) is 0 Å². The Labute approximate surface area is 74.5 Å². The van der Waals surface area contributed by atoms with E-state index < -0.39 is 17.5 Å². The number of ether oxygens (including phenoxy) is 1. The first-order valence-corrected chi connectivity index (χ1v) is 3.76. The van der Waals surface area contributed by atoms with Crippen molar-refractivity contribution in [3.63, 3.8) is 0 Å². The summed E-state index contributed by atoms with van der Waals surface area (Å²) in [5.41, 5.74) is 0. The third kappa shape index (κ3) is 1.58. The largest absolute Gasteiger partial charge is 0.502 e. The second-order valence-corrected chi connectivity index (χ2v) is 2.41. The van der Waals surface area contributed by atoms with E-state index in [1.165, 1.54) is 6.92 Å². The van der Waals surface area contributed by atoms with Crippen molar-refractivity contribution in [2.24, 2.45) is 0 Å². The summed E-state index contributed by atoms with van der Waals surface area (Å²) in [4.78, 5) is 11.0. The molecule has 0 aliphatic rings. The maximum absolute atomic E-state index is 11.0. The van der Waals surface area contributed by atoms with Crippen molar-refractivity contribution in [1.82, 2.24) is 0 Å². The molecular formula is C8H10O5. The van der Waals surface area contributed by atoms with Crippen LogP contribution in [-0.2, 0) is 4.74 Å². The summed E-state index contributed by atoms with van der Waals surface area (Å²) in [6.45, 7) is 3.24. The summed E-state index contributed by atoms with van der Waals surface area (Å²) in [5.74, 6) is -2.07. The van der Waals surface area contributed by atoms with Gasteiger partial charge in [0.1, 0.15) is 5.76 Å². The van der Waals surface area contributed by atoms with Gasteiger partial charge in [-0.1, -0.05) is 0 Å². The zero-order valence-electron chi connectivity index (χ0n) is 7.33. The summed E-state index contributed by atoms with van der Waals surface area (Å²) in [7, 11) is 0. The number of hydrogen-bond donors (Lipinski definition) is 2. The molecule has 0 aliphatic carbocycles. The Balaban J connectivity index is 3.01. The second kappa shape index (κ2) is 3.38. The third-order valence-corrected chi connectivity index (χ3v) is 1.49. The van der Waals surface area contributed by atoms with Crippen LogP contribution in [0.2, 0.25) is 0 Å². The fourth-order valence-electron chi connectivity index (χ4n) is 0.859. The molecule has 0 saturated heterocycles. The maximum atomic E-state index is 11.0. The van der Waals surface area contributed by atoms with Crippen LogP contribution in [0.15, 0.2) is 4.42 Å². The van der Waals surface area contributed by atoms with Crippen LogP contribution in [0.1, 0.15) is 23.2 Å². The van der Waals surface area contributed by atoms with E-state index in [1.54, 1.807) is 6.92 Å². The molecule has 0 atom stereocenters. The van der Waals surface area contributed by atoms with Gasteiger partial charge in [-0.25, -0.2) is 4.79 Å². The van der Waals surface area contributed by atoms with E-state index in [4.69, 9.17) is 9.52 Å². The van der Waals surface area contributed by atoms with Gasteiger partial charge in [0.05, 0.1) is 6.61 Å². The first kappa shape index (κ1) is 9.44. The maximum Gasteiger partial charge on any atom is 0.378 e. The van der Waals surface area contributed by atoms with Crippen LogP contribution >= 0.6 is 0 Å². The molecule has 5 nitrogen and oxygen atoms in total. The van der Waals surface area contributed by atoms with E-state index in [1.807, 2.05) is 0 Å². The molecule has 2 N–H and O–H groups in total. The van der Waals surface area contributed by atoms with E-state index in [2.05, 4.69) is 4.74 Å². The standard InChI is InChI=1S/C8H10O5/c1-3-12-8(11)7-6(10)5(9)4(2)13-7/h9-10H,3H2,1-2H3. The average Bonchev–Trinajstić information content (AvgIpc) is 2.33. The molecule has 13 heavy (non-hydrogen) atoms.